The average molecular weight is 492 g/mol. The molecule has 34 heavy (non-hydrogen) atoms. The van der Waals surface area contributed by atoms with Crippen LogP contribution in [0.4, 0.5) is 13.2 Å². The molecule has 182 valence electrons. The fourth-order valence-electron chi connectivity index (χ4n) is 3.28. The van der Waals surface area contributed by atoms with Gasteiger partial charge in [-0.05, 0) is 61.1 Å². The second-order valence-electron chi connectivity index (χ2n) is 8.08. The molecule has 1 atom stereocenters. The Hall–Kier alpha value is -2.62. The molecule has 0 aliphatic carbocycles. The highest BCUT2D eigenvalue weighted by molar-refractivity contribution is 7.99. The molecule has 0 saturated heterocycles. The zero-order valence-electron chi connectivity index (χ0n) is 18.9. The van der Waals surface area contributed by atoms with Crippen molar-refractivity contribution < 1.29 is 23.4 Å². The van der Waals surface area contributed by atoms with Crippen molar-refractivity contribution in [2.75, 3.05) is 18.1 Å². The van der Waals surface area contributed by atoms with Crippen molar-refractivity contribution in [3.8, 4) is 11.1 Å². The van der Waals surface area contributed by atoms with E-state index in [1.165, 1.54) is 17.7 Å². The zero-order chi connectivity index (χ0) is 24.5. The zero-order valence-corrected chi connectivity index (χ0v) is 19.7. The number of hydrogen-bond donors (Lipinski definition) is 2. The first-order valence-corrected chi connectivity index (χ1v) is 12.2. The minimum Gasteiger partial charge on any atom is -0.394 e. The number of nitrogens with zero attached hydrogens (tertiary/aromatic N) is 3. The molecular weight excluding hydrogens is 463 g/mol. The van der Waals surface area contributed by atoms with Gasteiger partial charge in [0.2, 0.25) is 0 Å². The van der Waals surface area contributed by atoms with Crippen molar-refractivity contribution in [3.63, 3.8) is 0 Å². The van der Waals surface area contributed by atoms with Gasteiger partial charge in [0, 0.05) is 24.2 Å². The summed E-state index contributed by atoms with van der Waals surface area (Å²) in [6.45, 7) is 2.49. The standard InChI is InChI=1S/C25H28F3N3O2S/c1-17(9-11-34-16-22(33)15-32)8-10-31-14-21(29-30-31)6-4-18-2-3-19(12-24(18)27)20-5-7-23(26)25(28)13-20/h2-3,5,7,9,12-14,22,32-33H,4,6,8,10-11,15-16H2,1H3. The molecule has 0 amide bonds. The normalized spacial score (nSPS) is 12.8. The maximum Gasteiger partial charge on any atom is 0.159 e. The van der Waals surface area contributed by atoms with Crippen molar-refractivity contribution in [2.24, 2.45) is 0 Å². The van der Waals surface area contributed by atoms with E-state index in [-0.39, 0.29) is 6.61 Å². The number of thioether (sulfide) groups is 1. The molecule has 1 unspecified atom stereocenters. The fourth-order valence-corrected chi connectivity index (χ4v) is 4.20. The molecule has 0 aliphatic heterocycles. The summed E-state index contributed by atoms with van der Waals surface area (Å²) in [4.78, 5) is 0. The maximum absolute atomic E-state index is 14.6. The molecule has 9 heteroatoms. The van der Waals surface area contributed by atoms with Gasteiger partial charge < -0.3 is 10.2 Å². The summed E-state index contributed by atoms with van der Waals surface area (Å²) in [5.74, 6) is -1.03. The summed E-state index contributed by atoms with van der Waals surface area (Å²) in [5, 5.41) is 26.4. The summed E-state index contributed by atoms with van der Waals surface area (Å²) >= 11 is 1.56. The Labute approximate surface area is 201 Å². The molecule has 3 aromatic rings. The van der Waals surface area contributed by atoms with Gasteiger partial charge in [-0.15, -0.1) is 5.10 Å². The monoisotopic (exact) mass is 491 g/mol. The van der Waals surface area contributed by atoms with E-state index in [9.17, 15) is 18.3 Å². The predicted octanol–water partition coefficient (Wildman–Crippen LogP) is 4.57. The molecule has 0 radical (unpaired) electrons. The number of allylic oxidation sites excluding steroid dienone is 1. The lowest BCUT2D eigenvalue weighted by Gasteiger charge is -2.07. The van der Waals surface area contributed by atoms with Crippen LogP contribution in [0.1, 0.15) is 24.6 Å². The number of hydrogen-bond acceptors (Lipinski definition) is 5. The van der Waals surface area contributed by atoms with Gasteiger partial charge in [-0.3, -0.25) is 4.68 Å². The molecule has 0 bridgehead atoms. The van der Waals surface area contributed by atoms with Crippen LogP contribution in [0.3, 0.4) is 0 Å². The second kappa shape index (κ2) is 12.7. The SMILES string of the molecule is CC(=CCSCC(O)CO)CCn1cc(CCc2ccc(-c3ccc(F)c(F)c3)cc2F)nn1. The summed E-state index contributed by atoms with van der Waals surface area (Å²) in [6, 6.07) is 8.18. The predicted molar refractivity (Wildman–Crippen MR) is 128 cm³/mol. The van der Waals surface area contributed by atoms with Gasteiger partial charge in [0.25, 0.3) is 0 Å². The Morgan fingerprint density at radius 2 is 1.79 bits per heavy atom. The largest absolute Gasteiger partial charge is 0.394 e. The van der Waals surface area contributed by atoms with E-state index >= 15 is 0 Å². The van der Waals surface area contributed by atoms with Crippen molar-refractivity contribution in [3.05, 3.63) is 83.0 Å². The van der Waals surface area contributed by atoms with Gasteiger partial charge in [-0.2, -0.15) is 11.8 Å². The lowest BCUT2D eigenvalue weighted by Crippen LogP contribution is -2.14. The molecule has 1 heterocycles. The molecule has 1 aromatic heterocycles. The Bertz CT molecular complexity index is 1120. The number of aromatic nitrogens is 3. The van der Waals surface area contributed by atoms with E-state index in [0.29, 0.717) is 41.8 Å². The first-order valence-electron chi connectivity index (χ1n) is 11.0. The van der Waals surface area contributed by atoms with Crippen molar-refractivity contribution >= 4 is 11.8 Å². The highest BCUT2D eigenvalue weighted by atomic mass is 32.2. The topological polar surface area (TPSA) is 71.2 Å². The number of rotatable bonds is 12. The smallest absolute Gasteiger partial charge is 0.159 e. The number of aliphatic hydroxyl groups excluding tert-OH is 2. The first kappa shape index (κ1) is 26.0. The lowest BCUT2D eigenvalue weighted by atomic mass is 10.0. The Balaban J connectivity index is 1.48. The van der Waals surface area contributed by atoms with Crippen LogP contribution >= 0.6 is 11.8 Å². The van der Waals surface area contributed by atoms with Crippen LogP contribution in [0.2, 0.25) is 0 Å². The van der Waals surface area contributed by atoms with Crippen LogP contribution in [0.25, 0.3) is 11.1 Å². The molecule has 2 N–H and O–H groups in total. The third-order valence-corrected chi connectivity index (χ3v) is 6.37. The molecule has 0 saturated carbocycles. The fraction of sp³-hybridized carbons (Fsp3) is 0.360. The second-order valence-corrected chi connectivity index (χ2v) is 9.16. The quantitative estimate of drug-likeness (QED) is 0.287. The molecular formula is C25H28F3N3O2S. The molecule has 0 spiro atoms. The van der Waals surface area contributed by atoms with Crippen LogP contribution in [-0.2, 0) is 19.4 Å². The third-order valence-electron chi connectivity index (χ3n) is 5.35. The highest BCUT2D eigenvalue weighted by Gasteiger charge is 2.10. The molecule has 0 aliphatic rings. The lowest BCUT2D eigenvalue weighted by molar-refractivity contribution is 0.113. The summed E-state index contributed by atoms with van der Waals surface area (Å²) in [5.41, 5.74) is 3.38. The van der Waals surface area contributed by atoms with Crippen LogP contribution in [0.5, 0.6) is 0 Å². The van der Waals surface area contributed by atoms with Crippen LogP contribution in [0, 0.1) is 17.5 Å². The van der Waals surface area contributed by atoms with Gasteiger partial charge in [-0.25, -0.2) is 13.2 Å². The summed E-state index contributed by atoms with van der Waals surface area (Å²) < 4.78 is 42.9. The van der Waals surface area contributed by atoms with E-state index in [0.717, 1.165) is 30.0 Å². The minimum atomic E-state index is -0.965. The maximum atomic E-state index is 14.6. The van der Waals surface area contributed by atoms with E-state index in [2.05, 4.69) is 16.4 Å². The van der Waals surface area contributed by atoms with Gasteiger partial charge in [0.15, 0.2) is 11.6 Å². The van der Waals surface area contributed by atoms with Gasteiger partial charge in [-0.1, -0.05) is 35.1 Å². The highest BCUT2D eigenvalue weighted by Crippen LogP contribution is 2.24. The van der Waals surface area contributed by atoms with Gasteiger partial charge in [0.05, 0.1) is 18.4 Å². The van der Waals surface area contributed by atoms with Crippen molar-refractivity contribution in [1.29, 1.82) is 0 Å². The molecule has 3 rings (SSSR count). The minimum absolute atomic E-state index is 0.223. The van der Waals surface area contributed by atoms with Crippen LogP contribution in [-0.4, -0.2) is 49.4 Å². The number of aryl methyl sites for hydroxylation is 3. The number of aliphatic hydroxyl groups is 2. The first-order chi connectivity index (χ1) is 16.4. The van der Waals surface area contributed by atoms with E-state index in [1.54, 1.807) is 28.6 Å². The van der Waals surface area contributed by atoms with Crippen molar-refractivity contribution in [2.45, 2.75) is 38.8 Å². The Morgan fingerprint density at radius 1 is 1.06 bits per heavy atom. The average Bonchev–Trinajstić information content (AvgIpc) is 3.29. The van der Waals surface area contributed by atoms with E-state index in [1.807, 2.05) is 13.1 Å². The number of halogens is 3. The summed E-state index contributed by atoms with van der Waals surface area (Å²) in [6.07, 6.45) is 5.05. The number of benzene rings is 2. The van der Waals surface area contributed by atoms with E-state index in [4.69, 9.17) is 5.11 Å². The van der Waals surface area contributed by atoms with Crippen LogP contribution in [0.15, 0.2) is 54.2 Å². The Morgan fingerprint density at radius 3 is 2.50 bits per heavy atom. The summed E-state index contributed by atoms with van der Waals surface area (Å²) in [7, 11) is 0. The molecule has 5 nitrogen and oxygen atoms in total. The Kier molecular flexibility index (Phi) is 9.74. The van der Waals surface area contributed by atoms with Gasteiger partial charge >= 0.3 is 0 Å². The van der Waals surface area contributed by atoms with Crippen molar-refractivity contribution in [1.82, 2.24) is 15.0 Å². The molecule has 2 aromatic carbocycles. The third kappa shape index (κ3) is 7.72. The van der Waals surface area contributed by atoms with Crippen LogP contribution < -0.4 is 0 Å². The van der Waals surface area contributed by atoms with E-state index < -0.39 is 23.6 Å². The van der Waals surface area contributed by atoms with Gasteiger partial charge in [0.1, 0.15) is 5.82 Å². The molecule has 0 fully saturated rings.